The maximum absolute atomic E-state index is 11.1. The normalized spacial score (nSPS) is 18.2. The van der Waals surface area contributed by atoms with Gasteiger partial charge in [-0.3, -0.25) is 4.79 Å². The van der Waals surface area contributed by atoms with Gasteiger partial charge in [-0.1, -0.05) is 0 Å². The summed E-state index contributed by atoms with van der Waals surface area (Å²) in [5.41, 5.74) is 0.429. The number of halogens is 1. The Kier molecular flexibility index (Phi) is 2.85. The lowest BCUT2D eigenvalue weighted by Gasteiger charge is -2.20. The molecule has 102 valence electrons. The SMILES string of the molecule is COc1c(Br)cc2c(c1C1(CC(=O)O)CC1)OCO2. The molecule has 0 spiro atoms. The molecule has 1 fully saturated rings. The minimum atomic E-state index is -0.813. The second-order valence-electron chi connectivity index (χ2n) is 4.85. The lowest BCUT2D eigenvalue weighted by Crippen LogP contribution is -2.15. The molecule has 0 radical (unpaired) electrons. The van der Waals surface area contributed by atoms with Crippen molar-refractivity contribution in [2.75, 3.05) is 13.9 Å². The Bertz CT molecular complexity index is 547. The smallest absolute Gasteiger partial charge is 0.304 e. The van der Waals surface area contributed by atoms with Crippen molar-refractivity contribution in [3.05, 3.63) is 16.1 Å². The number of hydrogen-bond donors (Lipinski definition) is 1. The third-order valence-corrected chi connectivity index (χ3v) is 4.24. The van der Waals surface area contributed by atoms with Crippen molar-refractivity contribution < 1.29 is 24.1 Å². The molecule has 1 aliphatic carbocycles. The predicted molar refractivity (Wildman–Crippen MR) is 70.0 cm³/mol. The lowest BCUT2D eigenvalue weighted by atomic mass is 9.90. The van der Waals surface area contributed by atoms with Gasteiger partial charge in [-0.2, -0.15) is 0 Å². The number of carbonyl (C=O) groups is 1. The average Bonchev–Trinajstić information content (AvgIpc) is 2.96. The summed E-state index contributed by atoms with van der Waals surface area (Å²) in [5, 5.41) is 9.11. The van der Waals surface area contributed by atoms with Crippen LogP contribution < -0.4 is 14.2 Å². The number of carboxylic acids is 1. The second kappa shape index (κ2) is 4.30. The molecule has 0 bridgehead atoms. The first-order valence-electron chi connectivity index (χ1n) is 5.96. The number of aliphatic carboxylic acids is 1. The fourth-order valence-electron chi connectivity index (χ4n) is 2.63. The molecule has 5 nitrogen and oxygen atoms in total. The maximum atomic E-state index is 11.1. The van der Waals surface area contributed by atoms with Gasteiger partial charge in [-0.25, -0.2) is 0 Å². The summed E-state index contributed by atoms with van der Waals surface area (Å²) in [7, 11) is 1.57. The van der Waals surface area contributed by atoms with Crippen molar-refractivity contribution in [2.24, 2.45) is 0 Å². The van der Waals surface area contributed by atoms with E-state index in [1.807, 2.05) is 0 Å². The summed E-state index contributed by atoms with van der Waals surface area (Å²) in [6.07, 6.45) is 1.72. The zero-order valence-electron chi connectivity index (χ0n) is 10.4. The Hall–Kier alpha value is -1.43. The molecule has 1 N–H and O–H groups in total. The van der Waals surface area contributed by atoms with E-state index in [2.05, 4.69) is 15.9 Å². The van der Waals surface area contributed by atoms with Gasteiger partial charge in [0.05, 0.1) is 18.0 Å². The van der Waals surface area contributed by atoms with Crippen LogP contribution in [0.15, 0.2) is 10.5 Å². The van der Waals surface area contributed by atoms with Crippen molar-refractivity contribution in [3.63, 3.8) is 0 Å². The van der Waals surface area contributed by atoms with E-state index < -0.39 is 11.4 Å². The largest absolute Gasteiger partial charge is 0.495 e. The van der Waals surface area contributed by atoms with Gasteiger partial charge in [0.2, 0.25) is 6.79 Å². The number of carboxylic acid groups (broad SMARTS) is 1. The van der Waals surface area contributed by atoms with Crippen LogP contribution in [0.25, 0.3) is 0 Å². The van der Waals surface area contributed by atoms with Gasteiger partial charge in [-0.05, 0) is 28.8 Å². The molecule has 1 saturated carbocycles. The van der Waals surface area contributed by atoms with E-state index >= 15 is 0 Å². The number of hydrogen-bond acceptors (Lipinski definition) is 4. The number of methoxy groups -OCH3 is 1. The van der Waals surface area contributed by atoms with E-state index in [1.54, 1.807) is 13.2 Å². The summed E-state index contributed by atoms with van der Waals surface area (Å²) in [5.74, 6) is 1.09. The van der Waals surface area contributed by atoms with Gasteiger partial charge < -0.3 is 19.3 Å². The molecule has 1 aliphatic heterocycles. The molecule has 2 aliphatic rings. The summed E-state index contributed by atoms with van der Waals surface area (Å²) < 4.78 is 17.1. The Morgan fingerprint density at radius 2 is 2.26 bits per heavy atom. The highest BCUT2D eigenvalue weighted by molar-refractivity contribution is 9.10. The van der Waals surface area contributed by atoms with E-state index in [1.165, 1.54) is 0 Å². The first kappa shape index (κ1) is 12.6. The van der Waals surface area contributed by atoms with Crippen LogP contribution in [0.5, 0.6) is 17.2 Å². The molecule has 1 aromatic rings. The van der Waals surface area contributed by atoms with Crippen molar-refractivity contribution in [2.45, 2.75) is 24.7 Å². The first-order chi connectivity index (χ1) is 9.07. The average molecular weight is 329 g/mol. The maximum Gasteiger partial charge on any atom is 0.304 e. The summed E-state index contributed by atoms with van der Waals surface area (Å²) in [4.78, 5) is 11.1. The molecule has 0 aromatic heterocycles. The number of fused-ring (bicyclic) bond motifs is 1. The minimum Gasteiger partial charge on any atom is -0.495 e. The fourth-order valence-corrected chi connectivity index (χ4v) is 3.20. The monoisotopic (exact) mass is 328 g/mol. The quantitative estimate of drug-likeness (QED) is 0.920. The number of benzene rings is 1. The topological polar surface area (TPSA) is 65.0 Å². The molecule has 0 atom stereocenters. The molecule has 0 saturated heterocycles. The molecular formula is C13H13BrO5. The van der Waals surface area contributed by atoms with E-state index in [0.717, 1.165) is 22.9 Å². The van der Waals surface area contributed by atoms with Crippen LogP contribution in [0.1, 0.15) is 24.8 Å². The van der Waals surface area contributed by atoms with Gasteiger partial charge in [0.15, 0.2) is 11.5 Å². The zero-order valence-corrected chi connectivity index (χ0v) is 11.9. The minimum absolute atomic E-state index is 0.0790. The summed E-state index contributed by atoms with van der Waals surface area (Å²) >= 11 is 3.44. The van der Waals surface area contributed by atoms with E-state index in [0.29, 0.717) is 17.2 Å². The highest BCUT2D eigenvalue weighted by atomic mass is 79.9. The first-order valence-corrected chi connectivity index (χ1v) is 6.75. The summed E-state index contributed by atoms with van der Waals surface area (Å²) in [6, 6.07) is 1.79. The van der Waals surface area contributed by atoms with Crippen LogP contribution >= 0.6 is 15.9 Å². The van der Waals surface area contributed by atoms with Crippen LogP contribution in [-0.4, -0.2) is 25.0 Å². The number of ether oxygens (including phenoxy) is 3. The van der Waals surface area contributed by atoms with Crippen molar-refractivity contribution >= 4 is 21.9 Å². The van der Waals surface area contributed by atoms with Crippen LogP contribution in [-0.2, 0) is 10.2 Å². The molecule has 1 heterocycles. The molecular weight excluding hydrogens is 316 g/mol. The van der Waals surface area contributed by atoms with Crippen LogP contribution in [0.3, 0.4) is 0 Å². The Labute approximate surface area is 118 Å². The highest BCUT2D eigenvalue weighted by Gasteiger charge is 2.51. The van der Waals surface area contributed by atoms with Crippen LogP contribution in [0.4, 0.5) is 0 Å². The lowest BCUT2D eigenvalue weighted by molar-refractivity contribution is -0.137. The Balaban J connectivity index is 2.16. The molecule has 19 heavy (non-hydrogen) atoms. The third-order valence-electron chi connectivity index (χ3n) is 3.65. The second-order valence-corrected chi connectivity index (χ2v) is 5.71. The van der Waals surface area contributed by atoms with Crippen molar-refractivity contribution in [1.29, 1.82) is 0 Å². The van der Waals surface area contributed by atoms with Crippen LogP contribution in [0, 0.1) is 0 Å². The third kappa shape index (κ3) is 1.94. The molecule has 0 unspecified atom stereocenters. The van der Waals surface area contributed by atoms with E-state index in [4.69, 9.17) is 19.3 Å². The Morgan fingerprint density at radius 1 is 1.53 bits per heavy atom. The van der Waals surface area contributed by atoms with Crippen LogP contribution in [0.2, 0.25) is 0 Å². The standard InChI is InChI=1S/C13H13BrO5/c1-17-11-7(14)4-8-12(19-6-18-8)10(11)13(2-3-13)5-9(15)16/h4H,2-3,5-6H2,1H3,(H,15,16). The van der Waals surface area contributed by atoms with Gasteiger partial charge >= 0.3 is 5.97 Å². The van der Waals surface area contributed by atoms with Gasteiger partial charge in [0.25, 0.3) is 0 Å². The molecule has 6 heteroatoms. The van der Waals surface area contributed by atoms with Gasteiger partial charge in [0.1, 0.15) is 5.75 Å². The summed E-state index contributed by atoms with van der Waals surface area (Å²) in [6.45, 7) is 0.158. The van der Waals surface area contributed by atoms with Gasteiger partial charge in [0, 0.05) is 17.0 Å². The van der Waals surface area contributed by atoms with E-state index in [-0.39, 0.29) is 13.2 Å². The molecule has 1 aromatic carbocycles. The predicted octanol–water partition coefficient (Wildman–Crippen LogP) is 2.69. The Morgan fingerprint density at radius 3 is 2.84 bits per heavy atom. The van der Waals surface area contributed by atoms with Gasteiger partial charge in [-0.15, -0.1) is 0 Å². The van der Waals surface area contributed by atoms with Crippen molar-refractivity contribution in [1.82, 2.24) is 0 Å². The molecule has 3 rings (SSSR count). The van der Waals surface area contributed by atoms with Crippen molar-refractivity contribution in [3.8, 4) is 17.2 Å². The zero-order chi connectivity index (χ0) is 13.6. The molecule has 0 amide bonds. The number of rotatable bonds is 4. The fraction of sp³-hybridized carbons (Fsp3) is 0.462. The highest BCUT2D eigenvalue weighted by Crippen LogP contribution is 2.61. The van der Waals surface area contributed by atoms with E-state index in [9.17, 15) is 4.79 Å².